The summed E-state index contributed by atoms with van der Waals surface area (Å²) >= 11 is 0. The first-order valence-electron chi connectivity index (χ1n) is 8.73. The molecular weight excluding hydrogens is 352 g/mol. The first-order valence-corrected chi connectivity index (χ1v) is 8.73. The van der Waals surface area contributed by atoms with Crippen LogP contribution in [0.5, 0.6) is 0 Å². The minimum atomic E-state index is -0.909. The van der Waals surface area contributed by atoms with Gasteiger partial charge in [-0.25, -0.2) is 8.78 Å². The smallest absolute Gasteiger partial charge is 0.254 e. The Morgan fingerprint density at radius 3 is 2.44 bits per heavy atom. The summed E-state index contributed by atoms with van der Waals surface area (Å²) in [5.74, 6) is -2.39. The van der Waals surface area contributed by atoms with Crippen LogP contribution in [0.1, 0.15) is 23.2 Å². The molecule has 2 aromatic rings. The number of halogens is 2. The number of nitrogens with zero attached hydrogens (tertiary/aromatic N) is 1. The van der Waals surface area contributed by atoms with Gasteiger partial charge in [-0.2, -0.15) is 0 Å². The Labute approximate surface area is 157 Å². The number of hydrogen-bond acceptors (Lipinski definition) is 3. The molecule has 2 amide bonds. The largest absolute Gasteiger partial charge is 0.373 e. The highest BCUT2D eigenvalue weighted by Crippen LogP contribution is 2.10. The fourth-order valence-electron chi connectivity index (χ4n) is 2.48. The summed E-state index contributed by atoms with van der Waals surface area (Å²) in [6, 6.07) is 12.6. The van der Waals surface area contributed by atoms with Gasteiger partial charge in [0.2, 0.25) is 5.91 Å². The van der Waals surface area contributed by atoms with E-state index in [1.807, 2.05) is 42.3 Å². The van der Waals surface area contributed by atoms with Gasteiger partial charge in [-0.05, 0) is 30.7 Å². The normalized spacial score (nSPS) is 10.3. The molecule has 0 heterocycles. The number of hydrogen-bond donors (Lipinski definition) is 2. The van der Waals surface area contributed by atoms with E-state index in [2.05, 4.69) is 10.6 Å². The molecule has 144 valence electrons. The lowest BCUT2D eigenvalue weighted by molar-refractivity contribution is -0.121. The lowest BCUT2D eigenvalue weighted by atomic mass is 10.2. The van der Waals surface area contributed by atoms with Crippen LogP contribution >= 0.6 is 0 Å². The van der Waals surface area contributed by atoms with E-state index >= 15 is 0 Å². The number of anilines is 1. The molecule has 7 heteroatoms. The molecule has 0 aliphatic carbocycles. The Balaban J connectivity index is 1.61. The Morgan fingerprint density at radius 2 is 1.74 bits per heavy atom. The van der Waals surface area contributed by atoms with Crippen LogP contribution in [0.4, 0.5) is 14.5 Å². The average Bonchev–Trinajstić information content (AvgIpc) is 2.65. The van der Waals surface area contributed by atoms with Crippen molar-refractivity contribution in [2.24, 2.45) is 0 Å². The average molecular weight is 375 g/mol. The molecule has 0 bridgehead atoms. The van der Waals surface area contributed by atoms with Gasteiger partial charge in [0, 0.05) is 44.9 Å². The third kappa shape index (κ3) is 6.69. The Kier molecular flexibility index (Phi) is 7.73. The second-order valence-electron chi connectivity index (χ2n) is 6.09. The van der Waals surface area contributed by atoms with Crippen molar-refractivity contribution in [2.45, 2.75) is 12.8 Å². The number of rotatable bonds is 9. The zero-order valence-electron chi connectivity index (χ0n) is 15.2. The molecule has 2 rings (SSSR count). The molecule has 0 fully saturated rings. The van der Waals surface area contributed by atoms with Crippen molar-refractivity contribution in [1.82, 2.24) is 10.6 Å². The molecule has 2 aromatic carbocycles. The number of para-hydroxylation sites is 1. The van der Waals surface area contributed by atoms with Crippen LogP contribution in [0.3, 0.4) is 0 Å². The minimum Gasteiger partial charge on any atom is -0.373 e. The van der Waals surface area contributed by atoms with E-state index in [0.29, 0.717) is 25.6 Å². The first-order chi connectivity index (χ1) is 13.0. The standard InChI is InChI=1S/C20H23F2N3O2/c1-25(16-6-3-2-4-7-16)13-12-23-19(26)8-5-11-24-20(27)17-10-9-15(21)14-18(17)22/h2-4,6-7,9-10,14H,5,8,11-13H2,1H3,(H,23,26)(H,24,27). The fraction of sp³-hybridized carbons (Fsp3) is 0.300. The molecule has 0 saturated carbocycles. The van der Waals surface area contributed by atoms with Crippen LogP contribution in [0.2, 0.25) is 0 Å². The van der Waals surface area contributed by atoms with E-state index in [1.54, 1.807) is 0 Å². The van der Waals surface area contributed by atoms with Gasteiger partial charge in [0.1, 0.15) is 11.6 Å². The van der Waals surface area contributed by atoms with Crippen molar-refractivity contribution < 1.29 is 18.4 Å². The molecule has 0 aromatic heterocycles. The van der Waals surface area contributed by atoms with Gasteiger partial charge in [0.15, 0.2) is 0 Å². The van der Waals surface area contributed by atoms with E-state index in [4.69, 9.17) is 0 Å². The SMILES string of the molecule is CN(CCNC(=O)CCCNC(=O)c1ccc(F)cc1F)c1ccccc1. The van der Waals surface area contributed by atoms with Crippen molar-refractivity contribution in [3.63, 3.8) is 0 Å². The summed E-state index contributed by atoms with van der Waals surface area (Å²) in [7, 11) is 1.95. The van der Waals surface area contributed by atoms with Crippen LogP contribution in [0.15, 0.2) is 48.5 Å². The number of carbonyl (C=O) groups excluding carboxylic acids is 2. The molecule has 0 unspecified atom stereocenters. The summed E-state index contributed by atoms with van der Waals surface area (Å²) in [5, 5.41) is 5.34. The maximum Gasteiger partial charge on any atom is 0.254 e. The second-order valence-corrected chi connectivity index (χ2v) is 6.09. The molecule has 27 heavy (non-hydrogen) atoms. The van der Waals surface area contributed by atoms with E-state index in [9.17, 15) is 18.4 Å². The Hall–Kier alpha value is -2.96. The number of benzene rings is 2. The molecule has 0 atom stereocenters. The van der Waals surface area contributed by atoms with Gasteiger partial charge >= 0.3 is 0 Å². The summed E-state index contributed by atoms with van der Waals surface area (Å²) in [6.07, 6.45) is 0.677. The maximum atomic E-state index is 13.5. The zero-order chi connectivity index (χ0) is 19.6. The van der Waals surface area contributed by atoms with Crippen LogP contribution in [-0.4, -0.2) is 38.5 Å². The van der Waals surface area contributed by atoms with Gasteiger partial charge < -0.3 is 15.5 Å². The van der Waals surface area contributed by atoms with Gasteiger partial charge in [0.25, 0.3) is 5.91 Å². The molecule has 5 nitrogen and oxygen atoms in total. The van der Waals surface area contributed by atoms with Gasteiger partial charge in [-0.1, -0.05) is 18.2 Å². The van der Waals surface area contributed by atoms with Gasteiger partial charge in [0.05, 0.1) is 5.56 Å². The lowest BCUT2D eigenvalue weighted by Crippen LogP contribution is -2.33. The second kappa shape index (κ2) is 10.3. The molecule has 0 radical (unpaired) electrons. The van der Waals surface area contributed by atoms with Crippen molar-refractivity contribution in [3.8, 4) is 0 Å². The monoisotopic (exact) mass is 375 g/mol. The number of amides is 2. The summed E-state index contributed by atoms with van der Waals surface area (Å²) in [4.78, 5) is 25.7. The number of carbonyl (C=O) groups is 2. The predicted octanol–water partition coefficient (Wildman–Crippen LogP) is 2.73. The van der Waals surface area contributed by atoms with Crippen molar-refractivity contribution in [1.29, 1.82) is 0 Å². The maximum absolute atomic E-state index is 13.5. The van der Waals surface area contributed by atoms with Crippen LogP contribution in [0, 0.1) is 11.6 Å². The van der Waals surface area contributed by atoms with Crippen LogP contribution < -0.4 is 15.5 Å². The first kappa shape index (κ1) is 20.4. The van der Waals surface area contributed by atoms with Crippen molar-refractivity contribution in [2.75, 3.05) is 31.6 Å². The van der Waals surface area contributed by atoms with E-state index in [0.717, 1.165) is 17.8 Å². The molecular formula is C20H23F2N3O2. The highest BCUT2D eigenvalue weighted by Gasteiger charge is 2.12. The number of nitrogens with one attached hydrogen (secondary N) is 2. The quantitative estimate of drug-likeness (QED) is 0.663. The van der Waals surface area contributed by atoms with Gasteiger partial charge in [-0.15, -0.1) is 0 Å². The number of likely N-dealkylation sites (N-methyl/N-ethyl adjacent to an activating group) is 1. The molecule has 0 aliphatic rings. The van der Waals surface area contributed by atoms with Gasteiger partial charge in [-0.3, -0.25) is 9.59 Å². The topological polar surface area (TPSA) is 61.4 Å². The highest BCUT2D eigenvalue weighted by atomic mass is 19.1. The lowest BCUT2D eigenvalue weighted by Gasteiger charge is -2.19. The van der Waals surface area contributed by atoms with E-state index < -0.39 is 17.5 Å². The van der Waals surface area contributed by atoms with Crippen molar-refractivity contribution >= 4 is 17.5 Å². The highest BCUT2D eigenvalue weighted by molar-refractivity contribution is 5.94. The summed E-state index contributed by atoms with van der Waals surface area (Å²) in [6.45, 7) is 1.42. The molecule has 0 spiro atoms. The van der Waals surface area contributed by atoms with Crippen LogP contribution in [-0.2, 0) is 4.79 Å². The van der Waals surface area contributed by atoms with Crippen LogP contribution in [0.25, 0.3) is 0 Å². The zero-order valence-corrected chi connectivity index (χ0v) is 15.2. The third-order valence-electron chi connectivity index (χ3n) is 4.01. The minimum absolute atomic E-state index is 0.112. The Bertz CT molecular complexity index is 769. The Morgan fingerprint density at radius 1 is 1.00 bits per heavy atom. The van der Waals surface area contributed by atoms with E-state index in [-0.39, 0.29) is 24.4 Å². The predicted molar refractivity (Wildman–Crippen MR) is 101 cm³/mol. The molecule has 0 saturated heterocycles. The third-order valence-corrected chi connectivity index (χ3v) is 4.01. The van der Waals surface area contributed by atoms with E-state index in [1.165, 1.54) is 0 Å². The summed E-state index contributed by atoms with van der Waals surface area (Å²) in [5.41, 5.74) is 0.854. The molecule has 2 N–H and O–H groups in total. The van der Waals surface area contributed by atoms with Crippen molar-refractivity contribution in [3.05, 3.63) is 65.7 Å². The molecule has 0 aliphatic heterocycles. The fourth-order valence-corrected chi connectivity index (χ4v) is 2.48. The summed E-state index contributed by atoms with van der Waals surface area (Å²) < 4.78 is 26.3.